The number of hydrogen-bond acceptors (Lipinski definition) is 3. The monoisotopic (exact) mass is 402 g/mol. The zero-order chi connectivity index (χ0) is 19.1. The molecule has 1 aliphatic heterocycles. The van der Waals surface area contributed by atoms with Crippen LogP contribution in [-0.2, 0) is 11.3 Å². The first-order chi connectivity index (χ1) is 13.1. The molecule has 1 fully saturated rings. The normalized spacial score (nSPS) is 15.6. The van der Waals surface area contributed by atoms with Crippen LogP contribution in [0.3, 0.4) is 0 Å². The molecule has 0 unspecified atom stereocenters. The summed E-state index contributed by atoms with van der Waals surface area (Å²) in [6.07, 6.45) is 1.84. The second-order valence-electron chi connectivity index (χ2n) is 7.09. The minimum atomic E-state index is 0.136. The summed E-state index contributed by atoms with van der Waals surface area (Å²) in [6.45, 7) is 5.57. The second kappa shape index (κ2) is 10.2. The third-order valence-corrected chi connectivity index (χ3v) is 6.38. The van der Waals surface area contributed by atoms with Gasteiger partial charge in [-0.2, -0.15) is 0 Å². The van der Waals surface area contributed by atoms with E-state index in [0.717, 1.165) is 55.4 Å². The Labute approximate surface area is 171 Å². The number of carbonyl (C=O) groups excluding carboxylic acids is 1. The Bertz CT molecular complexity index is 742. The van der Waals surface area contributed by atoms with Crippen LogP contribution in [0.5, 0.6) is 0 Å². The lowest BCUT2D eigenvalue weighted by Crippen LogP contribution is -2.40. The highest BCUT2D eigenvalue weighted by atomic mass is 35.5. The molecule has 0 bridgehead atoms. The molecule has 2 aromatic rings. The van der Waals surface area contributed by atoms with E-state index in [9.17, 15) is 4.79 Å². The molecule has 0 aliphatic carbocycles. The standard InChI is InChI=1S/C22H27ClN2OS/c1-17-6-8-20(9-7-17)27-15-12-24-22(26)18-10-13-25(14-11-18)16-19-4-2-3-5-21(19)23/h2-9,18H,10-16H2,1H3,(H,24,26). The van der Waals surface area contributed by atoms with E-state index in [1.807, 2.05) is 18.2 Å². The fourth-order valence-corrected chi connectivity index (χ4v) is 4.31. The molecule has 0 aromatic heterocycles. The number of aryl methyl sites for hydroxylation is 1. The summed E-state index contributed by atoms with van der Waals surface area (Å²) in [4.78, 5) is 16.1. The lowest BCUT2D eigenvalue weighted by atomic mass is 9.95. The van der Waals surface area contributed by atoms with E-state index in [4.69, 9.17) is 11.6 Å². The average Bonchev–Trinajstić information content (AvgIpc) is 2.69. The summed E-state index contributed by atoms with van der Waals surface area (Å²) in [7, 11) is 0. The number of hydrogen-bond donors (Lipinski definition) is 1. The Morgan fingerprint density at radius 2 is 1.85 bits per heavy atom. The number of thioether (sulfide) groups is 1. The number of likely N-dealkylation sites (tertiary alicyclic amines) is 1. The van der Waals surface area contributed by atoms with E-state index in [2.05, 4.69) is 47.5 Å². The molecule has 5 heteroatoms. The van der Waals surface area contributed by atoms with E-state index in [-0.39, 0.29) is 11.8 Å². The molecule has 0 saturated carbocycles. The molecule has 27 heavy (non-hydrogen) atoms. The molecule has 2 aromatic carbocycles. The zero-order valence-corrected chi connectivity index (χ0v) is 17.4. The van der Waals surface area contributed by atoms with Crippen molar-refractivity contribution in [1.82, 2.24) is 10.2 Å². The topological polar surface area (TPSA) is 32.3 Å². The predicted molar refractivity (Wildman–Crippen MR) is 114 cm³/mol. The number of rotatable bonds is 7. The van der Waals surface area contributed by atoms with Gasteiger partial charge in [-0.15, -0.1) is 11.8 Å². The van der Waals surface area contributed by atoms with Crippen molar-refractivity contribution in [2.24, 2.45) is 5.92 Å². The van der Waals surface area contributed by atoms with Gasteiger partial charge in [-0.1, -0.05) is 47.5 Å². The van der Waals surface area contributed by atoms with Crippen LogP contribution >= 0.6 is 23.4 Å². The van der Waals surface area contributed by atoms with Crippen LogP contribution in [0.4, 0.5) is 0 Å². The first-order valence-electron chi connectivity index (χ1n) is 9.55. The Balaban J connectivity index is 1.34. The highest BCUT2D eigenvalue weighted by Gasteiger charge is 2.24. The summed E-state index contributed by atoms with van der Waals surface area (Å²) in [5.41, 5.74) is 2.43. The van der Waals surface area contributed by atoms with E-state index in [0.29, 0.717) is 0 Å². The van der Waals surface area contributed by atoms with Crippen LogP contribution in [0.25, 0.3) is 0 Å². The quantitative estimate of drug-likeness (QED) is 0.534. The van der Waals surface area contributed by atoms with Gasteiger partial charge in [0.2, 0.25) is 5.91 Å². The summed E-state index contributed by atoms with van der Waals surface area (Å²) in [5.74, 6) is 1.24. The molecule has 1 amide bonds. The van der Waals surface area contributed by atoms with Crippen molar-refractivity contribution in [3.63, 3.8) is 0 Å². The average molecular weight is 403 g/mol. The van der Waals surface area contributed by atoms with Crippen molar-refractivity contribution in [2.45, 2.75) is 31.2 Å². The Hall–Kier alpha value is -1.49. The number of piperidine rings is 1. The van der Waals surface area contributed by atoms with Gasteiger partial charge in [-0.3, -0.25) is 9.69 Å². The van der Waals surface area contributed by atoms with Crippen LogP contribution in [0.15, 0.2) is 53.4 Å². The lowest BCUT2D eigenvalue weighted by molar-refractivity contribution is -0.126. The first-order valence-corrected chi connectivity index (χ1v) is 10.9. The van der Waals surface area contributed by atoms with Gasteiger partial charge < -0.3 is 5.32 Å². The molecular formula is C22H27ClN2OS. The van der Waals surface area contributed by atoms with Gasteiger partial charge in [0.25, 0.3) is 0 Å². The zero-order valence-electron chi connectivity index (χ0n) is 15.8. The Kier molecular flexibility index (Phi) is 7.62. The molecular weight excluding hydrogens is 376 g/mol. The molecule has 0 radical (unpaired) electrons. The molecule has 1 aliphatic rings. The highest BCUT2D eigenvalue weighted by molar-refractivity contribution is 7.99. The molecule has 144 valence electrons. The van der Waals surface area contributed by atoms with Gasteiger partial charge >= 0.3 is 0 Å². The third kappa shape index (κ3) is 6.27. The van der Waals surface area contributed by atoms with Gasteiger partial charge in [0.05, 0.1) is 0 Å². The largest absolute Gasteiger partial charge is 0.355 e. The number of amides is 1. The van der Waals surface area contributed by atoms with Crippen LogP contribution in [-0.4, -0.2) is 36.2 Å². The summed E-state index contributed by atoms with van der Waals surface area (Å²) in [5, 5.41) is 3.93. The molecule has 1 saturated heterocycles. The molecule has 1 heterocycles. The fraction of sp³-hybridized carbons (Fsp3) is 0.409. The first kappa shape index (κ1) is 20.2. The van der Waals surface area contributed by atoms with Crippen LogP contribution in [0.1, 0.15) is 24.0 Å². The predicted octanol–water partition coefficient (Wildman–Crippen LogP) is 4.77. The van der Waals surface area contributed by atoms with Gasteiger partial charge in [0.1, 0.15) is 0 Å². The minimum absolute atomic E-state index is 0.136. The van der Waals surface area contributed by atoms with Crippen molar-refractivity contribution in [2.75, 3.05) is 25.4 Å². The molecule has 1 N–H and O–H groups in total. The van der Waals surface area contributed by atoms with E-state index in [1.165, 1.54) is 10.5 Å². The van der Waals surface area contributed by atoms with E-state index >= 15 is 0 Å². The minimum Gasteiger partial charge on any atom is -0.355 e. The number of nitrogens with zero attached hydrogens (tertiary/aromatic N) is 1. The number of halogens is 1. The maximum atomic E-state index is 12.4. The Morgan fingerprint density at radius 3 is 2.56 bits per heavy atom. The lowest BCUT2D eigenvalue weighted by Gasteiger charge is -2.31. The highest BCUT2D eigenvalue weighted by Crippen LogP contribution is 2.22. The van der Waals surface area contributed by atoms with Crippen molar-refractivity contribution in [3.05, 3.63) is 64.7 Å². The number of nitrogens with one attached hydrogen (secondary N) is 1. The van der Waals surface area contributed by atoms with Crippen molar-refractivity contribution >= 4 is 29.3 Å². The maximum Gasteiger partial charge on any atom is 0.223 e. The van der Waals surface area contributed by atoms with Crippen LogP contribution < -0.4 is 5.32 Å². The third-order valence-electron chi connectivity index (χ3n) is 5.00. The molecule has 3 rings (SSSR count). The van der Waals surface area contributed by atoms with Crippen molar-refractivity contribution in [1.29, 1.82) is 0 Å². The SMILES string of the molecule is Cc1ccc(SCCNC(=O)C2CCN(Cc3ccccc3Cl)CC2)cc1. The van der Waals surface area contributed by atoms with E-state index < -0.39 is 0 Å². The second-order valence-corrected chi connectivity index (χ2v) is 8.67. The van der Waals surface area contributed by atoms with Gasteiger partial charge in [0.15, 0.2) is 0 Å². The fourth-order valence-electron chi connectivity index (χ4n) is 3.34. The van der Waals surface area contributed by atoms with E-state index in [1.54, 1.807) is 11.8 Å². The number of carbonyl (C=O) groups is 1. The summed E-state index contributed by atoms with van der Waals surface area (Å²) < 4.78 is 0. The van der Waals surface area contributed by atoms with Crippen LogP contribution in [0, 0.1) is 12.8 Å². The number of benzene rings is 2. The molecule has 3 nitrogen and oxygen atoms in total. The van der Waals surface area contributed by atoms with Gasteiger partial charge in [-0.25, -0.2) is 0 Å². The molecule has 0 spiro atoms. The smallest absolute Gasteiger partial charge is 0.223 e. The maximum absolute atomic E-state index is 12.4. The van der Waals surface area contributed by atoms with Crippen molar-refractivity contribution < 1.29 is 4.79 Å². The molecule has 0 atom stereocenters. The summed E-state index contributed by atoms with van der Waals surface area (Å²) in [6, 6.07) is 16.5. The van der Waals surface area contributed by atoms with Crippen LogP contribution in [0.2, 0.25) is 5.02 Å². The van der Waals surface area contributed by atoms with Gasteiger partial charge in [0, 0.05) is 34.7 Å². The van der Waals surface area contributed by atoms with Gasteiger partial charge in [-0.05, 0) is 56.6 Å². The van der Waals surface area contributed by atoms with Crippen molar-refractivity contribution in [3.8, 4) is 0 Å². The summed E-state index contributed by atoms with van der Waals surface area (Å²) >= 11 is 8.04. The Morgan fingerprint density at radius 1 is 1.15 bits per heavy atom.